The van der Waals surface area contributed by atoms with E-state index in [2.05, 4.69) is 15.0 Å². The zero-order valence-corrected chi connectivity index (χ0v) is 16.7. The molecule has 0 unspecified atom stereocenters. The molecule has 0 aliphatic heterocycles. The molecule has 0 spiro atoms. The van der Waals surface area contributed by atoms with Crippen LogP contribution in [0.25, 0.3) is 20.8 Å². The van der Waals surface area contributed by atoms with Crippen LogP contribution in [0.2, 0.25) is 0 Å². The van der Waals surface area contributed by atoms with Crippen molar-refractivity contribution in [2.75, 3.05) is 5.32 Å². The van der Waals surface area contributed by atoms with Crippen LogP contribution in [-0.4, -0.2) is 32.6 Å². The van der Waals surface area contributed by atoms with Gasteiger partial charge < -0.3 is 25.4 Å². The van der Waals surface area contributed by atoms with E-state index in [9.17, 15) is 33.3 Å². The molecule has 32 heavy (non-hydrogen) atoms. The van der Waals surface area contributed by atoms with Crippen molar-refractivity contribution in [3.8, 4) is 33.6 Å². The molecular weight excluding hydrogens is 449 g/mol. The van der Waals surface area contributed by atoms with Crippen LogP contribution in [0.5, 0.6) is 23.0 Å². The monoisotopic (exact) mass is 462 g/mol. The standard InChI is InChI=1S/C21H13F3N2O5S/c22-21(23,24)31-12-3-6-16(28)14(9-12)19(30)25-10-1-4-13(17(29)7-10)20-26-15-5-2-11(27)8-18(15)32-20/h1-9,27-29H,(H,25,30). The number of alkyl halides is 3. The van der Waals surface area contributed by atoms with Crippen LogP contribution in [-0.2, 0) is 0 Å². The number of aromatic nitrogens is 1. The van der Waals surface area contributed by atoms with Gasteiger partial charge >= 0.3 is 6.36 Å². The normalized spacial score (nSPS) is 11.5. The summed E-state index contributed by atoms with van der Waals surface area (Å²) in [4.78, 5) is 16.8. The van der Waals surface area contributed by atoms with Crippen LogP contribution >= 0.6 is 11.3 Å². The van der Waals surface area contributed by atoms with Gasteiger partial charge in [0.25, 0.3) is 5.91 Å². The Labute approximate surface area is 182 Å². The van der Waals surface area contributed by atoms with E-state index in [0.29, 0.717) is 20.8 Å². The minimum atomic E-state index is -4.95. The number of thiazole rings is 1. The van der Waals surface area contributed by atoms with Crippen molar-refractivity contribution in [3.05, 3.63) is 60.2 Å². The van der Waals surface area contributed by atoms with E-state index in [0.717, 1.165) is 18.2 Å². The van der Waals surface area contributed by atoms with Gasteiger partial charge in [-0.1, -0.05) is 0 Å². The first kappa shape index (κ1) is 21.2. The number of fused-ring (bicyclic) bond motifs is 1. The highest BCUT2D eigenvalue weighted by molar-refractivity contribution is 7.21. The van der Waals surface area contributed by atoms with Crippen molar-refractivity contribution in [1.82, 2.24) is 4.98 Å². The lowest BCUT2D eigenvalue weighted by atomic mass is 10.1. The first-order valence-corrected chi connectivity index (χ1v) is 9.74. The predicted octanol–water partition coefficient (Wildman–Crippen LogP) is 5.23. The van der Waals surface area contributed by atoms with Gasteiger partial charge in [-0.25, -0.2) is 4.98 Å². The van der Waals surface area contributed by atoms with Gasteiger partial charge in [0, 0.05) is 11.8 Å². The summed E-state index contributed by atoms with van der Waals surface area (Å²) in [6.07, 6.45) is -4.95. The third-order valence-electron chi connectivity index (χ3n) is 4.30. The highest BCUT2D eigenvalue weighted by Gasteiger charge is 2.31. The van der Waals surface area contributed by atoms with Crippen molar-refractivity contribution >= 4 is 33.1 Å². The molecule has 0 saturated heterocycles. The molecule has 3 aromatic carbocycles. The molecule has 4 rings (SSSR count). The summed E-state index contributed by atoms with van der Waals surface area (Å²) in [6, 6.07) is 11.4. The maximum Gasteiger partial charge on any atom is 0.573 e. The van der Waals surface area contributed by atoms with Crippen molar-refractivity contribution < 1.29 is 38.0 Å². The zero-order valence-electron chi connectivity index (χ0n) is 15.8. The number of aromatic hydroxyl groups is 3. The Morgan fingerprint density at radius 1 is 0.969 bits per heavy atom. The topological polar surface area (TPSA) is 112 Å². The second kappa shape index (κ2) is 7.93. The minimum Gasteiger partial charge on any atom is -0.508 e. The molecule has 1 heterocycles. The average molecular weight is 462 g/mol. The fourth-order valence-electron chi connectivity index (χ4n) is 2.91. The van der Waals surface area contributed by atoms with Crippen LogP contribution in [0.1, 0.15) is 10.4 Å². The largest absolute Gasteiger partial charge is 0.573 e. The minimum absolute atomic E-state index is 0.0861. The van der Waals surface area contributed by atoms with E-state index in [4.69, 9.17) is 0 Å². The van der Waals surface area contributed by atoms with Gasteiger partial charge in [-0.15, -0.1) is 24.5 Å². The molecule has 1 amide bonds. The van der Waals surface area contributed by atoms with Crippen LogP contribution in [0.4, 0.5) is 18.9 Å². The second-order valence-electron chi connectivity index (χ2n) is 6.58. The molecule has 0 aliphatic carbocycles. The number of phenolic OH excluding ortho intramolecular Hbond substituents is 3. The van der Waals surface area contributed by atoms with Crippen LogP contribution in [0.3, 0.4) is 0 Å². The fraction of sp³-hybridized carbons (Fsp3) is 0.0476. The zero-order chi connectivity index (χ0) is 23.0. The Hall–Kier alpha value is -3.99. The van der Waals surface area contributed by atoms with Gasteiger partial charge in [0.2, 0.25) is 0 Å². The lowest BCUT2D eigenvalue weighted by molar-refractivity contribution is -0.274. The summed E-state index contributed by atoms with van der Waals surface area (Å²) in [6.45, 7) is 0. The van der Waals surface area contributed by atoms with Gasteiger partial charge in [-0.3, -0.25) is 4.79 Å². The van der Waals surface area contributed by atoms with E-state index in [1.807, 2.05) is 0 Å². The number of carbonyl (C=O) groups excluding carboxylic acids is 1. The van der Waals surface area contributed by atoms with E-state index < -0.39 is 29.3 Å². The fourth-order valence-corrected chi connectivity index (χ4v) is 3.94. The van der Waals surface area contributed by atoms with Gasteiger partial charge in [-0.05, 0) is 48.5 Å². The number of nitrogens with one attached hydrogen (secondary N) is 1. The Morgan fingerprint density at radius 2 is 1.75 bits per heavy atom. The van der Waals surface area contributed by atoms with E-state index in [1.165, 1.54) is 35.6 Å². The number of benzene rings is 3. The maximum atomic E-state index is 12.4. The molecule has 1 aromatic heterocycles. The van der Waals surface area contributed by atoms with Gasteiger partial charge in [0.15, 0.2) is 0 Å². The Balaban J connectivity index is 1.57. The molecule has 0 radical (unpaired) electrons. The Morgan fingerprint density at radius 3 is 2.47 bits per heavy atom. The quantitative estimate of drug-likeness (QED) is 0.330. The number of nitrogens with zero attached hydrogens (tertiary/aromatic N) is 1. The number of hydrogen-bond acceptors (Lipinski definition) is 7. The smallest absolute Gasteiger partial charge is 0.508 e. The number of rotatable bonds is 4. The van der Waals surface area contributed by atoms with Gasteiger partial charge in [0.1, 0.15) is 28.0 Å². The number of ether oxygens (including phenoxy) is 1. The molecule has 4 N–H and O–H groups in total. The van der Waals surface area contributed by atoms with Crippen LogP contribution in [0.15, 0.2) is 54.6 Å². The molecule has 0 bridgehead atoms. The Kier molecular flexibility index (Phi) is 5.26. The van der Waals surface area contributed by atoms with E-state index in [-0.39, 0.29) is 17.2 Å². The molecule has 0 atom stereocenters. The third-order valence-corrected chi connectivity index (χ3v) is 5.36. The third kappa shape index (κ3) is 4.52. The molecule has 0 saturated carbocycles. The summed E-state index contributed by atoms with van der Waals surface area (Å²) in [5.74, 6) is -2.23. The summed E-state index contributed by atoms with van der Waals surface area (Å²) in [7, 11) is 0. The number of halogens is 3. The summed E-state index contributed by atoms with van der Waals surface area (Å²) in [5.41, 5.74) is 0.709. The summed E-state index contributed by atoms with van der Waals surface area (Å²) in [5, 5.41) is 32.7. The number of phenols is 3. The van der Waals surface area contributed by atoms with Gasteiger partial charge in [-0.2, -0.15) is 0 Å². The van der Waals surface area contributed by atoms with Crippen LogP contribution < -0.4 is 10.1 Å². The van der Waals surface area contributed by atoms with Crippen molar-refractivity contribution in [1.29, 1.82) is 0 Å². The molecule has 0 aliphatic rings. The van der Waals surface area contributed by atoms with Crippen molar-refractivity contribution in [2.45, 2.75) is 6.36 Å². The molecule has 164 valence electrons. The number of carbonyl (C=O) groups is 1. The first-order valence-electron chi connectivity index (χ1n) is 8.92. The predicted molar refractivity (Wildman–Crippen MR) is 111 cm³/mol. The average Bonchev–Trinajstić information content (AvgIpc) is 3.11. The van der Waals surface area contributed by atoms with Gasteiger partial charge in [0.05, 0.1) is 21.3 Å². The maximum absolute atomic E-state index is 12.4. The highest BCUT2D eigenvalue weighted by Crippen LogP contribution is 2.37. The summed E-state index contributed by atoms with van der Waals surface area (Å²) >= 11 is 1.25. The van der Waals surface area contributed by atoms with Crippen LogP contribution in [0, 0.1) is 0 Å². The molecule has 7 nitrogen and oxygen atoms in total. The highest BCUT2D eigenvalue weighted by atomic mass is 32.1. The summed E-state index contributed by atoms with van der Waals surface area (Å²) < 4.78 is 41.7. The molecular formula is C21H13F3N2O5S. The number of amides is 1. The lowest BCUT2D eigenvalue weighted by Crippen LogP contribution is -2.18. The van der Waals surface area contributed by atoms with Crippen molar-refractivity contribution in [3.63, 3.8) is 0 Å². The molecule has 0 fully saturated rings. The second-order valence-corrected chi connectivity index (χ2v) is 7.61. The Bertz CT molecular complexity index is 1340. The first-order chi connectivity index (χ1) is 15.1. The number of hydrogen-bond donors (Lipinski definition) is 4. The lowest BCUT2D eigenvalue weighted by Gasteiger charge is -2.12. The SMILES string of the molecule is O=C(Nc1ccc(-c2nc3ccc(O)cc3s2)c(O)c1)c1cc(OC(F)(F)F)ccc1O. The number of anilines is 1. The van der Waals surface area contributed by atoms with Crippen molar-refractivity contribution in [2.24, 2.45) is 0 Å². The van der Waals surface area contributed by atoms with E-state index in [1.54, 1.807) is 12.1 Å². The molecule has 4 aromatic rings. The molecule has 11 heteroatoms. The van der Waals surface area contributed by atoms with E-state index >= 15 is 0 Å².